The Kier molecular flexibility index (Phi) is 7.33. The minimum absolute atomic E-state index is 0.125. The van der Waals surface area contributed by atoms with Crippen LogP contribution in [0.5, 0.6) is 0 Å². The Morgan fingerprint density at radius 3 is 2.47 bits per heavy atom. The molecule has 1 aliphatic carbocycles. The maximum atomic E-state index is 12.9. The number of amides is 1. The fourth-order valence-corrected chi connectivity index (χ4v) is 6.00. The Bertz CT molecular complexity index is 1440. The van der Waals surface area contributed by atoms with E-state index in [-0.39, 0.29) is 30.2 Å². The highest BCUT2D eigenvalue weighted by Gasteiger charge is 2.34. The lowest BCUT2D eigenvalue weighted by Crippen LogP contribution is -2.32. The van der Waals surface area contributed by atoms with Gasteiger partial charge in [0.15, 0.2) is 7.37 Å². The number of hydrogen-bond donors (Lipinski definition) is 2. The lowest BCUT2D eigenvalue weighted by Gasteiger charge is -2.24. The van der Waals surface area contributed by atoms with Crippen molar-refractivity contribution < 1.29 is 27.1 Å². The van der Waals surface area contributed by atoms with Gasteiger partial charge in [0.25, 0.3) is 5.91 Å². The minimum atomic E-state index is -3.69. The van der Waals surface area contributed by atoms with E-state index in [1.54, 1.807) is 7.05 Å². The van der Waals surface area contributed by atoms with E-state index < -0.39 is 17.4 Å². The Hall–Kier alpha value is -2.68. The van der Waals surface area contributed by atoms with E-state index in [4.69, 9.17) is 4.42 Å². The smallest absolute Gasteiger partial charge is 0.255 e. The van der Waals surface area contributed by atoms with E-state index >= 15 is 0 Å². The van der Waals surface area contributed by atoms with Crippen LogP contribution in [0, 0.1) is 6.92 Å². The third-order valence-electron chi connectivity index (χ3n) is 6.30. The summed E-state index contributed by atoms with van der Waals surface area (Å²) in [6.07, 6.45) is 3.88. The molecule has 36 heavy (non-hydrogen) atoms. The summed E-state index contributed by atoms with van der Waals surface area (Å²) in [6, 6.07) is 9.44. The van der Waals surface area contributed by atoms with Crippen LogP contribution in [0.3, 0.4) is 0 Å². The topological polar surface area (TPSA) is 130 Å². The van der Waals surface area contributed by atoms with Crippen LogP contribution < -0.4 is 9.62 Å². The van der Waals surface area contributed by atoms with Crippen LogP contribution >= 0.6 is 7.37 Å². The van der Waals surface area contributed by atoms with Gasteiger partial charge in [-0.05, 0) is 50.2 Å². The number of furan rings is 1. The second-order valence-corrected chi connectivity index (χ2v) is 14.1. The zero-order valence-corrected chi connectivity index (χ0v) is 22.7. The molecule has 2 heterocycles. The number of benzene rings is 1. The number of nitrogens with zero attached hydrogens (tertiary/aromatic N) is 2. The summed E-state index contributed by atoms with van der Waals surface area (Å²) < 4.78 is 44.7. The number of nitrogens with one attached hydrogen (secondary N) is 1. The molecule has 2 N–H and O–H groups in total. The molecule has 0 bridgehead atoms. The van der Waals surface area contributed by atoms with Crippen molar-refractivity contribution in [2.75, 3.05) is 37.0 Å². The number of carbonyl (C=O) groups excluding carboxylic acids is 1. The first-order valence-corrected chi connectivity index (χ1v) is 16.1. The summed E-state index contributed by atoms with van der Waals surface area (Å²) in [5, 5.41) is 3.22. The second kappa shape index (κ2) is 10.00. The quantitative estimate of drug-likeness (QED) is 0.290. The molecule has 4 rings (SSSR count). The van der Waals surface area contributed by atoms with Crippen LogP contribution in [0.2, 0.25) is 0 Å². The molecule has 0 aliphatic heterocycles. The first-order chi connectivity index (χ1) is 16.9. The van der Waals surface area contributed by atoms with Crippen molar-refractivity contribution in [1.29, 1.82) is 0 Å². The lowest BCUT2D eigenvalue weighted by atomic mass is 10.0. The summed E-state index contributed by atoms with van der Waals surface area (Å²) in [6.45, 7) is 3.40. The van der Waals surface area contributed by atoms with E-state index in [0.717, 1.165) is 35.8 Å². The van der Waals surface area contributed by atoms with Gasteiger partial charge < -0.3 is 14.6 Å². The Balaban J connectivity index is 1.84. The van der Waals surface area contributed by atoms with Crippen LogP contribution in [0.1, 0.15) is 53.1 Å². The molecule has 1 amide bonds. The molecule has 1 aromatic carbocycles. The molecule has 194 valence electrons. The minimum Gasteiger partial charge on any atom is -0.437 e. The number of fused-ring (bicyclic) bond motifs is 1. The zero-order valence-electron chi connectivity index (χ0n) is 20.9. The van der Waals surface area contributed by atoms with E-state index in [9.17, 15) is 22.7 Å². The van der Waals surface area contributed by atoms with E-state index in [0.29, 0.717) is 35.4 Å². The molecule has 1 aliphatic rings. The maximum absolute atomic E-state index is 12.9. The molecule has 0 spiro atoms. The molecular weight excluding hydrogens is 501 g/mol. The van der Waals surface area contributed by atoms with Crippen LogP contribution in [0.15, 0.2) is 34.7 Å². The van der Waals surface area contributed by atoms with Gasteiger partial charge >= 0.3 is 0 Å². The Morgan fingerprint density at radius 1 is 1.25 bits per heavy atom. The van der Waals surface area contributed by atoms with Gasteiger partial charge in [-0.25, -0.2) is 8.42 Å². The number of sulfonamides is 1. The van der Waals surface area contributed by atoms with Gasteiger partial charge in [0.2, 0.25) is 15.7 Å². The number of aromatic nitrogens is 1. The first kappa shape index (κ1) is 26.4. The molecule has 1 unspecified atom stereocenters. The van der Waals surface area contributed by atoms with Crippen molar-refractivity contribution in [2.24, 2.45) is 0 Å². The van der Waals surface area contributed by atoms with Gasteiger partial charge in [-0.15, -0.1) is 0 Å². The molecule has 3 aromatic rings. The summed E-state index contributed by atoms with van der Waals surface area (Å²) in [4.78, 5) is 27.2. The largest absolute Gasteiger partial charge is 0.437 e. The monoisotopic (exact) mass is 533 g/mol. The third-order valence-corrected chi connectivity index (χ3v) is 8.60. The molecule has 9 nitrogen and oxygen atoms in total. The highest BCUT2D eigenvalue weighted by molar-refractivity contribution is 7.92. The second-order valence-electron chi connectivity index (χ2n) is 9.60. The van der Waals surface area contributed by atoms with Crippen molar-refractivity contribution >= 4 is 40.2 Å². The molecule has 1 saturated carbocycles. The maximum Gasteiger partial charge on any atom is 0.255 e. The number of rotatable bonds is 10. The van der Waals surface area contributed by atoms with Crippen LogP contribution in [0.4, 0.5) is 5.82 Å². The number of hydrogen-bond acceptors (Lipinski definition) is 6. The summed E-state index contributed by atoms with van der Waals surface area (Å²) in [7, 11) is -5.31. The molecule has 0 saturated heterocycles. The van der Waals surface area contributed by atoms with Gasteiger partial charge in [0, 0.05) is 32.0 Å². The summed E-state index contributed by atoms with van der Waals surface area (Å²) >= 11 is 0. The number of carbonyl (C=O) groups is 1. The fraction of sp³-hybridized carbons (Fsp3) is 0.440. The Morgan fingerprint density at radius 2 is 1.92 bits per heavy atom. The third kappa shape index (κ3) is 5.82. The van der Waals surface area contributed by atoms with E-state index in [1.807, 2.05) is 37.3 Å². The average Bonchev–Trinajstić information content (AvgIpc) is 3.57. The van der Waals surface area contributed by atoms with Crippen LogP contribution in [0.25, 0.3) is 22.4 Å². The number of unbranched alkanes of at least 4 members (excludes halogenated alkanes) is 1. The predicted octanol–water partition coefficient (Wildman–Crippen LogP) is 4.49. The number of aryl methyl sites for hydroxylation is 1. The van der Waals surface area contributed by atoms with Crippen molar-refractivity contribution in [1.82, 2.24) is 10.3 Å². The standard InChI is InChI=1S/C25H32N3O6PS/c1-16-7-9-18(10-8-16)22-21(24(29)26-2)20-15-19(17-11-12-17)23(27-25(20)34-22)28(36(4,32)33)13-5-6-14-35(3,30)31/h7-10,15,17H,5-6,11-14H2,1-4H3,(H,26,29)(H,30,31). The average molecular weight is 534 g/mol. The molecule has 1 atom stereocenters. The van der Waals surface area contributed by atoms with E-state index in [2.05, 4.69) is 10.3 Å². The summed E-state index contributed by atoms with van der Waals surface area (Å²) in [5.41, 5.74) is 3.10. The van der Waals surface area contributed by atoms with E-state index in [1.165, 1.54) is 11.0 Å². The first-order valence-electron chi connectivity index (χ1n) is 11.9. The molecule has 1 fully saturated rings. The highest BCUT2D eigenvalue weighted by atomic mass is 32.2. The fourth-order valence-electron chi connectivity index (χ4n) is 4.27. The number of anilines is 1. The van der Waals surface area contributed by atoms with Gasteiger partial charge in [-0.1, -0.05) is 29.8 Å². The molecular formula is C25H32N3O6PS. The SMILES string of the molecule is CNC(=O)c1c(-c2ccc(C)cc2)oc2nc(N(CCCCP(C)(=O)O)S(C)(=O)=O)c(C3CC3)cc12. The number of pyridine rings is 1. The molecule has 11 heteroatoms. The van der Waals surface area contributed by atoms with Crippen molar-refractivity contribution in [2.45, 2.75) is 38.5 Å². The Labute approximate surface area is 211 Å². The van der Waals surface area contributed by atoms with Crippen molar-refractivity contribution in [3.63, 3.8) is 0 Å². The zero-order chi connectivity index (χ0) is 26.3. The molecule has 0 radical (unpaired) electrons. The van der Waals surface area contributed by atoms with Crippen LogP contribution in [-0.2, 0) is 14.6 Å². The van der Waals surface area contributed by atoms with Gasteiger partial charge in [0.05, 0.1) is 17.2 Å². The van der Waals surface area contributed by atoms with Gasteiger partial charge in [-0.2, -0.15) is 4.98 Å². The highest BCUT2D eigenvalue weighted by Crippen LogP contribution is 2.47. The predicted molar refractivity (Wildman–Crippen MR) is 142 cm³/mol. The van der Waals surface area contributed by atoms with Gasteiger partial charge in [0.1, 0.15) is 11.6 Å². The van der Waals surface area contributed by atoms with Gasteiger partial charge in [-0.3, -0.25) is 13.7 Å². The summed E-state index contributed by atoms with van der Waals surface area (Å²) in [5.74, 6) is 0.505. The van der Waals surface area contributed by atoms with Crippen molar-refractivity contribution in [3.05, 3.63) is 47.0 Å². The van der Waals surface area contributed by atoms with Crippen molar-refractivity contribution in [3.8, 4) is 11.3 Å². The normalized spacial score (nSPS) is 15.6. The lowest BCUT2D eigenvalue weighted by molar-refractivity contribution is 0.0964. The van der Waals surface area contributed by atoms with Crippen LogP contribution in [-0.4, -0.2) is 56.9 Å². The molecule has 2 aromatic heterocycles.